The lowest BCUT2D eigenvalue weighted by Crippen LogP contribution is -2.43. The Bertz CT molecular complexity index is 1040. The SMILES string of the molecule is O=C(NC(CSCCc1ccccc1)C(=O)O)OCC1c2ccccc2-c2ccccc21. The van der Waals surface area contributed by atoms with E-state index in [1.54, 1.807) is 0 Å². The Balaban J connectivity index is 1.30. The summed E-state index contributed by atoms with van der Waals surface area (Å²) < 4.78 is 5.47. The van der Waals surface area contributed by atoms with Crippen molar-refractivity contribution >= 4 is 23.8 Å². The molecule has 0 heterocycles. The highest BCUT2D eigenvalue weighted by Gasteiger charge is 2.29. The predicted molar refractivity (Wildman–Crippen MR) is 127 cm³/mol. The van der Waals surface area contributed by atoms with Gasteiger partial charge in [0.15, 0.2) is 0 Å². The first kappa shape index (κ1) is 22.0. The van der Waals surface area contributed by atoms with E-state index in [9.17, 15) is 14.7 Å². The highest BCUT2D eigenvalue weighted by atomic mass is 32.2. The summed E-state index contributed by atoms with van der Waals surface area (Å²) >= 11 is 1.50. The van der Waals surface area contributed by atoms with Crippen LogP contribution in [-0.4, -0.2) is 41.3 Å². The van der Waals surface area contributed by atoms with Gasteiger partial charge in [0.1, 0.15) is 12.6 Å². The average Bonchev–Trinajstić information content (AvgIpc) is 3.14. The van der Waals surface area contributed by atoms with E-state index < -0.39 is 18.1 Å². The minimum Gasteiger partial charge on any atom is -0.480 e. The highest BCUT2D eigenvalue weighted by molar-refractivity contribution is 7.99. The fraction of sp³-hybridized carbons (Fsp3) is 0.231. The van der Waals surface area contributed by atoms with Gasteiger partial charge in [0, 0.05) is 11.7 Å². The normalized spacial score (nSPS) is 13.1. The Morgan fingerprint density at radius 1 is 0.906 bits per heavy atom. The van der Waals surface area contributed by atoms with Crippen LogP contribution in [0.4, 0.5) is 4.79 Å². The van der Waals surface area contributed by atoms with Gasteiger partial charge in [-0.1, -0.05) is 78.9 Å². The molecule has 32 heavy (non-hydrogen) atoms. The van der Waals surface area contributed by atoms with Crippen LogP contribution >= 0.6 is 11.8 Å². The van der Waals surface area contributed by atoms with Gasteiger partial charge in [-0.2, -0.15) is 11.8 Å². The number of hydrogen-bond donors (Lipinski definition) is 2. The minimum atomic E-state index is -1.06. The van der Waals surface area contributed by atoms with Gasteiger partial charge in [0.05, 0.1) is 0 Å². The zero-order valence-electron chi connectivity index (χ0n) is 17.6. The van der Waals surface area contributed by atoms with Gasteiger partial charge in [-0.25, -0.2) is 9.59 Å². The molecule has 3 aromatic carbocycles. The highest BCUT2D eigenvalue weighted by Crippen LogP contribution is 2.44. The number of hydrogen-bond acceptors (Lipinski definition) is 4. The quantitative estimate of drug-likeness (QED) is 0.454. The standard InChI is InChI=1S/C26H25NO4S/c28-25(29)24(17-32-15-14-18-8-2-1-3-9-18)27-26(30)31-16-23-21-12-6-4-10-19(21)20-11-5-7-13-22(20)23/h1-13,23-24H,14-17H2,(H,27,30)(H,28,29). The third kappa shape index (κ3) is 5.14. The number of ether oxygens (including phenoxy) is 1. The lowest BCUT2D eigenvalue weighted by atomic mass is 9.98. The minimum absolute atomic E-state index is 0.0586. The van der Waals surface area contributed by atoms with E-state index >= 15 is 0 Å². The van der Waals surface area contributed by atoms with E-state index in [4.69, 9.17) is 4.74 Å². The average molecular weight is 448 g/mol. The lowest BCUT2D eigenvalue weighted by molar-refractivity contribution is -0.138. The number of rotatable bonds is 9. The maximum absolute atomic E-state index is 12.4. The van der Waals surface area contributed by atoms with Gasteiger partial charge in [0.2, 0.25) is 0 Å². The Morgan fingerprint density at radius 2 is 1.50 bits per heavy atom. The maximum atomic E-state index is 12.4. The molecule has 0 spiro atoms. The number of carbonyl (C=O) groups excluding carboxylic acids is 1. The molecule has 1 aliphatic rings. The number of carbonyl (C=O) groups is 2. The number of carboxylic acid groups (broad SMARTS) is 1. The number of aliphatic carboxylic acids is 1. The van der Waals surface area contributed by atoms with Crippen LogP contribution < -0.4 is 5.32 Å². The van der Waals surface area contributed by atoms with E-state index in [0.717, 1.165) is 34.4 Å². The first-order valence-electron chi connectivity index (χ1n) is 10.6. The summed E-state index contributed by atoms with van der Waals surface area (Å²) in [5, 5.41) is 12.0. The smallest absolute Gasteiger partial charge is 0.407 e. The van der Waals surface area contributed by atoms with E-state index in [-0.39, 0.29) is 18.3 Å². The van der Waals surface area contributed by atoms with Crippen LogP contribution in [0.1, 0.15) is 22.6 Å². The summed E-state index contributed by atoms with van der Waals surface area (Å²) in [5.41, 5.74) is 5.74. The summed E-state index contributed by atoms with van der Waals surface area (Å²) in [6.45, 7) is 0.160. The van der Waals surface area contributed by atoms with Gasteiger partial charge in [-0.3, -0.25) is 0 Å². The summed E-state index contributed by atoms with van der Waals surface area (Å²) in [6, 6.07) is 25.2. The second-order valence-corrected chi connectivity index (χ2v) is 8.82. The monoisotopic (exact) mass is 447 g/mol. The topological polar surface area (TPSA) is 75.6 Å². The van der Waals surface area contributed by atoms with Crippen molar-refractivity contribution in [3.8, 4) is 11.1 Å². The van der Waals surface area contributed by atoms with Crippen molar-refractivity contribution < 1.29 is 19.4 Å². The second-order valence-electron chi connectivity index (χ2n) is 7.67. The number of benzene rings is 3. The van der Waals surface area contributed by atoms with Gasteiger partial charge < -0.3 is 15.2 Å². The Labute approximate surface area is 191 Å². The molecular formula is C26H25NO4S. The van der Waals surface area contributed by atoms with Crippen LogP contribution in [0.5, 0.6) is 0 Å². The first-order chi connectivity index (χ1) is 15.6. The van der Waals surface area contributed by atoms with E-state index in [1.807, 2.05) is 66.7 Å². The molecule has 1 atom stereocenters. The molecule has 2 N–H and O–H groups in total. The van der Waals surface area contributed by atoms with Crippen LogP contribution in [0.2, 0.25) is 0 Å². The number of alkyl carbamates (subject to hydrolysis) is 1. The third-order valence-corrected chi connectivity index (χ3v) is 6.66. The van der Waals surface area contributed by atoms with E-state index in [1.165, 1.54) is 17.3 Å². The van der Waals surface area contributed by atoms with Crippen LogP contribution in [0, 0.1) is 0 Å². The summed E-state index contributed by atoms with van der Waals surface area (Å²) in [4.78, 5) is 24.0. The van der Waals surface area contributed by atoms with Crippen molar-refractivity contribution in [2.45, 2.75) is 18.4 Å². The van der Waals surface area contributed by atoms with Crippen LogP contribution in [0.25, 0.3) is 11.1 Å². The molecular weight excluding hydrogens is 422 g/mol. The van der Waals surface area contributed by atoms with Crippen molar-refractivity contribution in [1.29, 1.82) is 0 Å². The second kappa shape index (κ2) is 10.4. The molecule has 0 saturated heterocycles. The zero-order chi connectivity index (χ0) is 22.3. The molecule has 0 radical (unpaired) electrons. The number of thioether (sulfide) groups is 1. The fourth-order valence-electron chi connectivity index (χ4n) is 3.99. The number of carboxylic acids is 1. The van der Waals surface area contributed by atoms with Crippen LogP contribution in [-0.2, 0) is 16.0 Å². The molecule has 1 amide bonds. The number of nitrogens with one attached hydrogen (secondary N) is 1. The Kier molecular flexibility index (Phi) is 7.12. The molecule has 0 saturated carbocycles. The molecule has 164 valence electrons. The van der Waals surface area contributed by atoms with Gasteiger partial charge in [-0.15, -0.1) is 0 Å². The van der Waals surface area contributed by atoms with Gasteiger partial charge in [0.25, 0.3) is 0 Å². The molecule has 0 bridgehead atoms. The number of aryl methyl sites for hydroxylation is 1. The van der Waals surface area contributed by atoms with Crippen molar-refractivity contribution in [1.82, 2.24) is 5.32 Å². The molecule has 5 nitrogen and oxygen atoms in total. The Morgan fingerprint density at radius 3 is 2.12 bits per heavy atom. The number of fused-ring (bicyclic) bond motifs is 3. The summed E-state index contributed by atoms with van der Waals surface area (Å²) in [7, 11) is 0. The van der Waals surface area contributed by atoms with Crippen molar-refractivity contribution in [2.75, 3.05) is 18.1 Å². The number of amides is 1. The van der Waals surface area contributed by atoms with Gasteiger partial charge in [-0.05, 0) is 40.0 Å². The summed E-state index contributed by atoms with van der Waals surface area (Å²) in [5.74, 6) is -0.0608. The molecule has 0 fully saturated rings. The first-order valence-corrected chi connectivity index (χ1v) is 11.7. The van der Waals surface area contributed by atoms with Crippen molar-refractivity contribution in [2.24, 2.45) is 0 Å². The van der Waals surface area contributed by atoms with Crippen LogP contribution in [0.15, 0.2) is 78.9 Å². The molecule has 0 aliphatic heterocycles. The largest absolute Gasteiger partial charge is 0.480 e. The lowest BCUT2D eigenvalue weighted by Gasteiger charge is -2.17. The third-order valence-electron chi connectivity index (χ3n) is 5.60. The summed E-state index contributed by atoms with van der Waals surface area (Å²) in [6.07, 6.45) is 0.144. The molecule has 6 heteroatoms. The van der Waals surface area contributed by atoms with Gasteiger partial charge >= 0.3 is 12.1 Å². The maximum Gasteiger partial charge on any atom is 0.407 e. The van der Waals surface area contributed by atoms with E-state index in [2.05, 4.69) is 17.4 Å². The molecule has 3 aromatic rings. The van der Waals surface area contributed by atoms with Crippen molar-refractivity contribution in [3.63, 3.8) is 0 Å². The Hall–Kier alpha value is -3.25. The molecule has 4 rings (SSSR count). The fourth-order valence-corrected chi connectivity index (χ4v) is 5.00. The molecule has 1 aliphatic carbocycles. The molecule has 0 aromatic heterocycles. The van der Waals surface area contributed by atoms with Crippen molar-refractivity contribution in [3.05, 3.63) is 95.6 Å². The predicted octanol–water partition coefficient (Wildman–Crippen LogP) is 4.95. The molecule has 1 unspecified atom stereocenters. The van der Waals surface area contributed by atoms with E-state index in [0.29, 0.717) is 0 Å². The zero-order valence-corrected chi connectivity index (χ0v) is 18.4. The van der Waals surface area contributed by atoms with Crippen LogP contribution in [0.3, 0.4) is 0 Å².